The fourth-order valence-corrected chi connectivity index (χ4v) is 5.80. The average molecular weight is 569 g/mol. The molecule has 4 aromatic rings. The minimum atomic E-state index is -0.777. The van der Waals surface area contributed by atoms with Crippen molar-refractivity contribution in [3.8, 4) is 17.1 Å². The zero-order valence-electron chi connectivity index (χ0n) is 20.7. The topological polar surface area (TPSA) is 83.0 Å². The van der Waals surface area contributed by atoms with Gasteiger partial charge in [0.25, 0.3) is 5.56 Å². The van der Waals surface area contributed by atoms with Crippen molar-refractivity contribution >= 4 is 46.6 Å². The maximum atomic E-state index is 13.8. The van der Waals surface area contributed by atoms with Crippen LogP contribution in [0.25, 0.3) is 17.4 Å². The SMILES string of the molecule is CCOC(=O)C1=C(C)N=c2s/c(=C/c3ccc(-c4cccc(Cl)c4Cl)o3)c(=O)n2[C@@H]1c1ccccc1OC. The number of ether oxygens (including phenoxy) is 2. The summed E-state index contributed by atoms with van der Waals surface area (Å²) in [7, 11) is 1.55. The van der Waals surface area contributed by atoms with Gasteiger partial charge in [-0.1, -0.05) is 58.8 Å². The third kappa shape index (κ3) is 4.60. The summed E-state index contributed by atoms with van der Waals surface area (Å²) in [4.78, 5) is 31.9. The number of methoxy groups -OCH3 is 1. The highest BCUT2D eigenvalue weighted by Crippen LogP contribution is 2.36. The van der Waals surface area contributed by atoms with E-state index in [1.165, 1.54) is 15.9 Å². The number of hydrogen-bond acceptors (Lipinski definition) is 7. The predicted molar refractivity (Wildman–Crippen MR) is 148 cm³/mol. The third-order valence-electron chi connectivity index (χ3n) is 6.07. The number of thiazole rings is 1. The highest BCUT2D eigenvalue weighted by molar-refractivity contribution is 7.07. The molecular weight excluding hydrogens is 547 g/mol. The van der Waals surface area contributed by atoms with Crippen LogP contribution in [0.4, 0.5) is 0 Å². The molecule has 3 heterocycles. The van der Waals surface area contributed by atoms with Crippen molar-refractivity contribution in [3.63, 3.8) is 0 Å². The number of furan rings is 1. The van der Waals surface area contributed by atoms with Crippen LogP contribution in [0.3, 0.4) is 0 Å². The lowest BCUT2D eigenvalue weighted by atomic mass is 9.95. The number of rotatable bonds is 6. The Morgan fingerprint density at radius 2 is 1.95 bits per heavy atom. The smallest absolute Gasteiger partial charge is 0.338 e. The molecule has 10 heteroatoms. The van der Waals surface area contributed by atoms with Gasteiger partial charge >= 0.3 is 5.97 Å². The minimum absolute atomic E-state index is 0.191. The first-order valence-electron chi connectivity index (χ1n) is 11.7. The Labute approximate surface area is 231 Å². The molecule has 0 N–H and O–H groups in total. The summed E-state index contributed by atoms with van der Waals surface area (Å²) in [6.07, 6.45) is 1.65. The lowest BCUT2D eigenvalue weighted by molar-refractivity contribution is -0.139. The Hall–Kier alpha value is -3.59. The molecule has 5 rings (SSSR count). The van der Waals surface area contributed by atoms with E-state index >= 15 is 0 Å². The summed E-state index contributed by atoms with van der Waals surface area (Å²) in [5.74, 6) is 0.978. The number of nitrogens with zero attached hydrogens (tertiary/aromatic N) is 2. The Balaban J connectivity index is 1.67. The van der Waals surface area contributed by atoms with Crippen molar-refractivity contribution in [1.82, 2.24) is 4.57 Å². The van der Waals surface area contributed by atoms with E-state index in [1.54, 1.807) is 63.4 Å². The van der Waals surface area contributed by atoms with Gasteiger partial charge in [-0.05, 0) is 44.2 Å². The van der Waals surface area contributed by atoms with E-state index in [0.717, 1.165) is 0 Å². The number of esters is 1. The van der Waals surface area contributed by atoms with Gasteiger partial charge in [-0.25, -0.2) is 9.79 Å². The maximum absolute atomic E-state index is 13.8. The van der Waals surface area contributed by atoms with Gasteiger partial charge in [-0.15, -0.1) is 0 Å². The maximum Gasteiger partial charge on any atom is 0.338 e. The molecule has 1 atom stereocenters. The third-order valence-corrected chi connectivity index (χ3v) is 7.87. The molecule has 0 amide bonds. The Morgan fingerprint density at radius 3 is 2.71 bits per heavy atom. The first-order chi connectivity index (χ1) is 18.3. The van der Waals surface area contributed by atoms with Crippen LogP contribution in [0.5, 0.6) is 5.75 Å². The van der Waals surface area contributed by atoms with Crippen LogP contribution in [-0.2, 0) is 9.53 Å². The molecule has 0 unspecified atom stereocenters. The van der Waals surface area contributed by atoms with Gasteiger partial charge in [-0.3, -0.25) is 9.36 Å². The van der Waals surface area contributed by atoms with E-state index in [0.29, 0.717) is 53.5 Å². The number of allylic oxidation sites excluding steroid dienone is 1. The number of halogens is 2. The number of aromatic nitrogens is 1. The molecule has 2 aromatic carbocycles. The van der Waals surface area contributed by atoms with Crippen LogP contribution in [0, 0.1) is 0 Å². The molecule has 0 aliphatic carbocycles. The second kappa shape index (κ2) is 10.6. The van der Waals surface area contributed by atoms with E-state index < -0.39 is 12.0 Å². The molecule has 1 aliphatic heterocycles. The summed E-state index contributed by atoms with van der Waals surface area (Å²) in [5.41, 5.74) is 1.73. The Bertz CT molecular complexity index is 1770. The fraction of sp³-hybridized carbons (Fsp3) is 0.179. The van der Waals surface area contributed by atoms with Gasteiger partial charge in [0, 0.05) is 17.2 Å². The summed E-state index contributed by atoms with van der Waals surface area (Å²) in [5, 5.41) is 0.799. The van der Waals surface area contributed by atoms with Crippen molar-refractivity contribution in [2.24, 2.45) is 4.99 Å². The first-order valence-corrected chi connectivity index (χ1v) is 13.3. The standard InChI is InChI=1S/C28H22Cl2N2O5S/c1-4-36-27(34)23-15(2)31-28-32(25(23)18-8-5-6-11-20(18)35-3)26(33)22(38-28)14-16-12-13-21(37-16)17-9-7-10-19(29)24(17)30/h5-14,25H,4H2,1-3H3/b22-14+/t25-/m1/s1. The van der Waals surface area contributed by atoms with Gasteiger partial charge in [0.2, 0.25) is 0 Å². The molecule has 194 valence electrons. The van der Waals surface area contributed by atoms with Crippen LogP contribution in [0.15, 0.2) is 80.1 Å². The number of carbonyl (C=O) groups is 1. The van der Waals surface area contributed by atoms with E-state index in [-0.39, 0.29) is 17.7 Å². The number of para-hydroxylation sites is 1. The zero-order chi connectivity index (χ0) is 27.0. The van der Waals surface area contributed by atoms with Crippen molar-refractivity contribution in [3.05, 3.63) is 107 Å². The van der Waals surface area contributed by atoms with Crippen LogP contribution in [0.1, 0.15) is 31.2 Å². The Kier molecular flexibility index (Phi) is 7.29. The monoisotopic (exact) mass is 568 g/mol. The Morgan fingerprint density at radius 1 is 1.16 bits per heavy atom. The lowest BCUT2D eigenvalue weighted by Crippen LogP contribution is -2.40. The summed E-state index contributed by atoms with van der Waals surface area (Å²) < 4.78 is 18.8. The molecule has 0 fully saturated rings. The van der Waals surface area contributed by atoms with E-state index in [2.05, 4.69) is 4.99 Å². The number of carbonyl (C=O) groups excluding carboxylic acids is 1. The molecule has 1 aliphatic rings. The van der Waals surface area contributed by atoms with E-state index in [9.17, 15) is 9.59 Å². The quantitative estimate of drug-likeness (QED) is 0.292. The number of hydrogen-bond donors (Lipinski definition) is 0. The highest BCUT2D eigenvalue weighted by Gasteiger charge is 2.35. The van der Waals surface area contributed by atoms with E-state index in [4.69, 9.17) is 37.1 Å². The van der Waals surface area contributed by atoms with Gasteiger partial charge in [-0.2, -0.15) is 0 Å². The van der Waals surface area contributed by atoms with Crippen molar-refractivity contribution in [2.75, 3.05) is 13.7 Å². The zero-order valence-corrected chi connectivity index (χ0v) is 23.0. The second-order valence-corrected chi connectivity index (χ2v) is 10.1. The normalized spacial score (nSPS) is 15.3. The molecule has 2 aromatic heterocycles. The van der Waals surface area contributed by atoms with Gasteiger partial charge < -0.3 is 13.9 Å². The molecule has 0 bridgehead atoms. The average Bonchev–Trinajstić information content (AvgIpc) is 3.49. The van der Waals surface area contributed by atoms with Crippen LogP contribution < -0.4 is 19.6 Å². The molecule has 7 nitrogen and oxygen atoms in total. The van der Waals surface area contributed by atoms with Crippen LogP contribution >= 0.6 is 34.5 Å². The molecule has 0 spiro atoms. The fourth-order valence-electron chi connectivity index (χ4n) is 4.38. The summed E-state index contributed by atoms with van der Waals surface area (Å²) in [6, 6.07) is 15.3. The van der Waals surface area contributed by atoms with Crippen molar-refractivity contribution < 1.29 is 18.7 Å². The van der Waals surface area contributed by atoms with Gasteiger partial charge in [0.15, 0.2) is 4.80 Å². The number of benzene rings is 2. The minimum Gasteiger partial charge on any atom is -0.496 e. The summed E-state index contributed by atoms with van der Waals surface area (Å²) >= 11 is 13.7. The largest absolute Gasteiger partial charge is 0.496 e. The molecule has 0 saturated carbocycles. The number of fused-ring (bicyclic) bond motifs is 1. The van der Waals surface area contributed by atoms with Gasteiger partial charge in [0.1, 0.15) is 23.3 Å². The molecule has 0 radical (unpaired) electrons. The highest BCUT2D eigenvalue weighted by atomic mass is 35.5. The van der Waals surface area contributed by atoms with Crippen LogP contribution in [0.2, 0.25) is 10.0 Å². The summed E-state index contributed by atoms with van der Waals surface area (Å²) in [6.45, 7) is 3.66. The van der Waals surface area contributed by atoms with Gasteiger partial charge in [0.05, 0.1) is 39.6 Å². The van der Waals surface area contributed by atoms with E-state index in [1.807, 2.05) is 18.2 Å². The predicted octanol–water partition coefficient (Wildman–Crippen LogP) is 5.37. The van der Waals surface area contributed by atoms with Crippen molar-refractivity contribution in [2.45, 2.75) is 19.9 Å². The van der Waals surface area contributed by atoms with Crippen LogP contribution in [-0.4, -0.2) is 24.3 Å². The lowest BCUT2D eigenvalue weighted by Gasteiger charge is -2.25. The first kappa shape index (κ1) is 26.0. The van der Waals surface area contributed by atoms with Crippen molar-refractivity contribution in [1.29, 1.82) is 0 Å². The molecule has 0 saturated heterocycles. The molecule has 38 heavy (non-hydrogen) atoms. The second-order valence-electron chi connectivity index (χ2n) is 8.35. The molecular formula is C28H22Cl2N2O5S.